The highest BCUT2D eigenvalue weighted by atomic mass is 35.5. The van der Waals surface area contributed by atoms with Gasteiger partial charge in [0, 0.05) is 44.0 Å². The average Bonchev–Trinajstić information content (AvgIpc) is 2.94. The molecule has 13 heteroatoms. The van der Waals surface area contributed by atoms with E-state index in [0.717, 1.165) is 25.7 Å². The van der Waals surface area contributed by atoms with E-state index in [0.29, 0.717) is 31.3 Å². The highest BCUT2D eigenvalue weighted by molar-refractivity contribution is 6.32. The topological polar surface area (TPSA) is 91.9 Å². The van der Waals surface area contributed by atoms with Crippen LogP contribution in [0.1, 0.15) is 42.3 Å². The summed E-state index contributed by atoms with van der Waals surface area (Å²) in [6, 6.07) is 8.19. The highest BCUT2D eigenvalue weighted by Gasteiger charge is 2.34. The maximum Gasteiger partial charge on any atom is 0.416 e. The lowest BCUT2D eigenvalue weighted by Crippen LogP contribution is -2.45. The number of fused-ring (bicyclic) bond motifs is 1. The minimum Gasteiger partial charge on any atom is -0.483 e. The lowest BCUT2D eigenvalue weighted by molar-refractivity contribution is -0.138. The Labute approximate surface area is 247 Å². The van der Waals surface area contributed by atoms with Gasteiger partial charge in [0.25, 0.3) is 11.8 Å². The van der Waals surface area contributed by atoms with Crippen molar-refractivity contribution in [3.63, 3.8) is 0 Å². The van der Waals surface area contributed by atoms with Crippen molar-refractivity contribution in [1.82, 2.24) is 19.8 Å². The number of piperazine rings is 1. The molecule has 2 aliphatic rings. The van der Waals surface area contributed by atoms with E-state index in [1.54, 1.807) is 0 Å². The van der Waals surface area contributed by atoms with E-state index in [1.807, 2.05) is 18.7 Å². The second-order valence-electron chi connectivity index (χ2n) is 10.9. The molecule has 1 saturated heterocycles. The normalized spacial score (nSPS) is 17.1. The third-order valence-corrected chi connectivity index (χ3v) is 7.50. The lowest BCUT2D eigenvalue weighted by atomic mass is 10.0. The van der Waals surface area contributed by atoms with Crippen LogP contribution in [0.5, 0.6) is 17.4 Å². The Kier molecular flexibility index (Phi) is 8.49. The molecule has 0 saturated carbocycles. The Morgan fingerprint density at radius 2 is 1.86 bits per heavy atom. The monoisotopic (exact) mass is 604 g/mol. The van der Waals surface area contributed by atoms with Crippen LogP contribution < -0.4 is 20.1 Å². The second kappa shape index (κ2) is 11.9. The molecule has 3 aromatic rings. The predicted molar refractivity (Wildman–Crippen MR) is 154 cm³/mol. The van der Waals surface area contributed by atoms with Crippen molar-refractivity contribution in [3.05, 3.63) is 64.4 Å². The summed E-state index contributed by atoms with van der Waals surface area (Å²) in [5.74, 6) is 0.345. The Balaban J connectivity index is 1.32. The molecule has 42 heavy (non-hydrogen) atoms. The van der Waals surface area contributed by atoms with Crippen LogP contribution in [0, 0.1) is 0 Å². The number of ether oxygens (including phenoxy) is 2. The van der Waals surface area contributed by atoms with E-state index in [4.69, 9.17) is 21.1 Å². The molecule has 1 fully saturated rings. The number of aromatic nitrogens is 2. The molecular formula is C29H32ClF3N6O3. The van der Waals surface area contributed by atoms with E-state index in [9.17, 15) is 18.0 Å². The van der Waals surface area contributed by atoms with Crippen LogP contribution in [0.4, 0.5) is 24.7 Å². The van der Waals surface area contributed by atoms with E-state index < -0.39 is 17.6 Å². The van der Waals surface area contributed by atoms with Gasteiger partial charge in [0.1, 0.15) is 18.7 Å². The first-order valence-electron chi connectivity index (χ1n) is 13.6. The summed E-state index contributed by atoms with van der Waals surface area (Å²) < 4.78 is 53.8. The first kappa shape index (κ1) is 29.9. The number of carbonyl (C=O) groups excluding carboxylic acids is 1. The summed E-state index contributed by atoms with van der Waals surface area (Å²) in [7, 11) is 0. The molecule has 2 aromatic carbocycles. The predicted octanol–water partition coefficient (Wildman–Crippen LogP) is 5.91. The molecule has 9 nitrogen and oxygen atoms in total. The number of nitrogens with zero attached hydrogens (tertiary/aromatic N) is 4. The first-order valence-corrected chi connectivity index (χ1v) is 14.0. The Morgan fingerprint density at radius 1 is 1.12 bits per heavy atom. The second-order valence-corrected chi connectivity index (χ2v) is 11.3. The fraction of sp³-hybridized carbons (Fsp3) is 0.414. The summed E-state index contributed by atoms with van der Waals surface area (Å²) in [6.07, 6.45) is -3.27. The van der Waals surface area contributed by atoms with Crippen molar-refractivity contribution in [2.24, 2.45) is 0 Å². The van der Waals surface area contributed by atoms with Crippen molar-refractivity contribution in [2.75, 3.05) is 50.0 Å². The van der Waals surface area contributed by atoms with E-state index in [2.05, 4.69) is 32.4 Å². The molecule has 0 aliphatic carbocycles. The van der Waals surface area contributed by atoms with Crippen molar-refractivity contribution in [2.45, 2.75) is 39.0 Å². The molecule has 5 rings (SSSR count). The zero-order chi connectivity index (χ0) is 30.1. The molecular weight excluding hydrogens is 573 g/mol. The van der Waals surface area contributed by atoms with E-state index in [1.165, 1.54) is 36.7 Å². The molecule has 1 amide bonds. The summed E-state index contributed by atoms with van der Waals surface area (Å²) in [5.41, 5.74) is -0.799. The minimum atomic E-state index is -4.58. The Morgan fingerprint density at radius 3 is 2.57 bits per heavy atom. The molecule has 1 aromatic heterocycles. The first-order chi connectivity index (χ1) is 19.9. The summed E-state index contributed by atoms with van der Waals surface area (Å²) in [6.45, 7) is 10.5. The third-order valence-electron chi connectivity index (χ3n) is 7.18. The number of amides is 1. The van der Waals surface area contributed by atoms with Crippen LogP contribution in [0.2, 0.25) is 5.02 Å². The summed E-state index contributed by atoms with van der Waals surface area (Å²) in [5, 5.41) is 6.01. The fourth-order valence-electron chi connectivity index (χ4n) is 4.85. The van der Waals surface area contributed by atoms with Crippen molar-refractivity contribution in [1.29, 1.82) is 0 Å². The van der Waals surface area contributed by atoms with Gasteiger partial charge < -0.3 is 25.0 Å². The number of nitrogens with one attached hydrogen (secondary N) is 2. The van der Waals surface area contributed by atoms with Gasteiger partial charge in [-0.05, 0) is 56.3 Å². The maximum atomic E-state index is 14.0. The molecule has 0 radical (unpaired) electrons. The van der Waals surface area contributed by atoms with Crippen LogP contribution in [0.25, 0.3) is 0 Å². The Bertz CT molecular complexity index is 1460. The number of anilines is 2. The number of rotatable bonds is 7. The fourth-order valence-corrected chi connectivity index (χ4v) is 5.01. The lowest BCUT2D eigenvalue weighted by Gasteiger charge is -2.34. The van der Waals surface area contributed by atoms with Crippen LogP contribution in [-0.4, -0.2) is 70.5 Å². The quantitative estimate of drug-likeness (QED) is 0.344. The summed E-state index contributed by atoms with van der Waals surface area (Å²) in [4.78, 5) is 25.7. The maximum absolute atomic E-state index is 14.0. The zero-order valence-electron chi connectivity index (χ0n) is 23.5. The number of hydrogen-bond donors (Lipinski definition) is 2. The largest absolute Gasteiger partial charge is 0.483 e. The number of benzene rings is 2. The van der Waals surface area contributed by atoms with Gasteiger partial charge in [-0.2, -0.15) is 18.2 Å². The summed E-state index contributed by atoms with van der Waals surface area (Å²) >= 11 is 6.34. The molecule has 3 heterocycles. The van der Waals surface area contributed by atoms with Crippen molar-refractivity contribution < 1.29 is 27.4 Å². The van der Waals surface area contributed by atoms with Gasteiger partial charge in [-0.3, -0.25) is 9.69 Å². The molecule has 0 atom stereocenters. The van der Waals surface area contributed by atoms with Crippen molar-refractivity contribution >= 4 is 29.0 Å². The van der Waals surface area contributed by atoms with Gasteiger partial charge in [0.05, 0.1) is 16.1 Å². The molecule has 0 bridgehead atoms. The number of likely N-dealkylation sites (N-methyl/N-ethyl adjacent to an activating group) is 1. The average molecular weight is 605 g/mol. The molecule has 224 valence electrons. The van der Waals surface area contributed by atoms with Gasteiger partial charge in [0.15, 0.2) is 5.82 Å². The molecule has 0 unspecified atom stereocenters. The van der Waals surface area contributed by atoms with Gasteiger partial charge >= 0.3 is 6.18 Å². The molecule has 2 N–H and O–H groups in total. The zero-order valence-corrected chi connectivity index (χ0v) is 24.3. The molecule has 2 aliphatic heterocycles. The van der Waals surface area contributed by atoms with E-state index >= 15 is 0 Å². The standard InChI is InChI=1S/C29H32ClF3N6O3/c1-4-38-9-11-39(12-10-38)15-19-5-7-20(14-21(19)29(31,32)33)36-26(40)18-6-8-22(30)23(13-18)42-27-24-25(34-17-35-27)37-28(2,3)16-41-24/h5-8,13-14,17H,4,9-12,15-16H2,1-3H3,(H,36,40)(H,34,35,37). The Hall–Kier alpha value is -3.61. The van der Waals surface area contributed by atoms with Gasteiger partial charge in [-0.1, -0.05) is 24.6 Å². The van der Waals surface area contributed by atoms with E-state index in [-0.39, 0.29) is 45.6 Å². The number of carbonyl (C=O) groups is 1. The minimum absolute atomic E-state index is 0.0243. The van der Waals surface area contributed by atoms with Crippen LogP contribution in [0.3, 0.4) is 0 Å². The molecule has 0 spiro atoms. The smallest absolute Gasteiger partial charge is 0.416 e. The number of halogens is 4. The third kappa shape index (κ3) is 6.88. The number of hydrogen-bond acceptors (Lipinski definition) is 8. The van der Waals surface area contributed by atoms with Gasteiger partial charge in [-0.25, -0.2) is 4.98 Å². The highest BCUT2D eigenvalue weighted by Crippen LogP contribution is 2.41. The van der Waals surface area contributed by atoms with Crippen molar-refractivity contribution in [3.8, 4) is 17.4 Å². The van der Waals surface area contributed by atoms with Crippen LogP contribution >= 0.6 is 11.6 Å². The number of alkyl halides is 3. The van der Waals surface area contributed by atoms with Gasteiger partial charge in [-0.15, -0.1) is 0 Å². The SMILES string of the molecule is CCN1CCN(Cc2ccc(NC(=O)c3ccc(Cl)c(Oc4ncnc5c4OCC(C)(C)N5)c3)cc2C(F)(F)F)CC1. The van der Waals surface area contributed by atoms with Crippen LogP contribution in [0.15, 0.2) is 42.7 Å². The van der Waals surface area contributed by atoms with Crippen LogP contribution in [-0.2, 0) is 12.7 Å². The van der Waals surface area contributed by atoms with Gasteiger partial charge in [0.2, 0.25) is 5.75 Å².